The minimum Gasteiger partial charge on any atom is -0.304 e. The van der Waals surface area contributed by atoms with E-state index in [1.807, 2.05) is 55.5 Å². The Morgan fingerprint density at radius 2 is 1.67 bits per heavy atom. The van der Waals surface area contributed by atoms with Crippen LogP contribution >= 0.6 is 11.8 Å². The van der Waals surface area contributed by atoms with Crippen LogP contribution in [0.4, 0.5) is 15.8 Å². The molecule has 3 aromatic carbocycles. The molecule has 150 valence electrons. The molecule has 0 radical (unpaired) electrons. The van der Waals surface area contributed by atoms with E-state index in [9.17, 15) is 14.0 Å². The number of amides is 2. The summed E-state index contributed by atoms with van der Waals surface area (Å²) in [5, 5.41) is 0. The highest BCUT2D eigenvalue weighted by molar-refractivity contribution is 8.02. The Kier molecular flexibility index (Phi) is 4.40. The topological polar surface area (TPSA) is 40.6 Å². The minimum atomic E-state index is -1.17. The lowest BCUT2D eigenvalue weighted by Crippen LogP contribution is -2.49. The second-order valence-electron chi connectivity index (χ2n) is 7.50. The largest absolute Gasteiger partial charge is 0.304 e. The Morgan fingerprint density at radius 1 is 0.967 bits per heavy atom. The molecule has 2 aliphatic heterocycles. The van der Waals surface area contributed by atoms with Crippen molar-refractivity contribution >= 4 is 35.0 Å². The molecule has 0 N–H and O–H groups in total. The van der Waals surface area contributed by atoms with Gasteiger partial charge < -0.3 is 4.90 Å². The van der Waals surface area contributed by atoms with E-state index in [-0.39, 0.29) is 29.9 Å². The molecule has 0 saturated carbocycles. The summed E-state index contributed by atoms with van der Waals surface area (Å²) < 4.78 is 14.3. The number of benzene rings is 3. The maximum atomic E-state index is 14.3. The van der Waals surface area contributed by atoms with Gasteiger partial charge in [-0.15, -0.1) is 11.8 Å². The summed E-state index contributed by atoms with van der Waals surface area (Å²) in [6, 6.07) is 21.5. The third-order valence-electron chi connectivity index (χ3n) is 5.64. The molecule has 1 atom stereocenters. The summed E-state index contributed by atoms with van der Waals surface area (Å²) in [4.78, 5) is 28.9. The van der Waals surface area contributed by atoms with Gasteiger partial charge in [0.2, 0.25) is 10.8 Å². The van der Waals surface area contributed by atoms with Gasteiger partial charge >= 0.3 is 0 Å². The van der Waals surface area contributed by atoms with Crippen molar-refractivity contribution in [1.82, 2.24) is 0 Å². The van der Waals surface area contributed by atoms with Crippen LogP contribution in [0.2, 0.25) is 0 Å². The van der Waals surface area contributed by atoms with Gasteiger partial charge in [0.25, 0.3) is 5.91 Å². The van der Waals surface area contributed by atoms with E-state index in [1.165, 1.54) is 17.8 Å². The molecule has 0 aliphatic carbocycles. The lowest BCUT2D eigenvalue weighted by molar-refractivity contribution is -0.123. The first kappa shape index (κ1) is 18.9. The Bertz CT molecular complexity index is 1160. The van der Waals surface area contributed by atoms with Gasteiger partial charge in [-0.1, -0.05) is 54.1 Å². The van der Waals surface area contributed by atoms with Gasteiger partial charge in [-0.3, -0.25) is 14.5 Å². The molecule has 6 heteroatoms. The van der Waals surface area contributed by atoms with Gasteiger partial charge in [-0.25, -0.2) is 4.39 Å². The number of rotatable bonds is 3. The molecule has 1 saturated heterocycles. The Labute approximate surface area is 178 Å². The maximum Gasteiger partial charge on any atom is 0.269 e. The number of para-hydroxylation sites is 1. The number of anilines is 2. The fraction of sp³-hybridized carbons (Fsp3) is 0.167. The summed E-state index contributed by atoms with van der Waals surface area (Å²) in [5.74, 6) is -0.473. The standard InChI is InChI=1S/C24H19FN2O2S/c1-16-10-12-18(13-11-16)27-22(28)15-30-24(27)19-7-3-5-9-21(19)26(23(24)29)14-17-6-2-4-8-20(17)25/h2-13H,14-15H2,1H3. The van der Waals surface area contributed by atoms with Crippen LogP contribution in [0.5, 0.6) is 0 Å². The monoisotopic (exact) mass is 418 g/mol. The summed E-state index contributed by atoms with van der Waals surface area (Å²) in [7, 11) is 0. The number of thioether (sulfide) groups is 1. The molecule has 1 spiro atoms. The number of hydrogen-bond acceptors (Lipinski definition) is 3. The number of carbonyl (C=O) groups excluding carboxylic acids is 2. The third-order valence-corrected chi connectivity index (χ3v) is 7.03. The molecular weight excluding hydrogens is 399 g/mol. The average molecular weight is 418 g/mol. The SMILES string of the molecule is Cc1ccc(N2C(=O)CSC23C(=O)N(Cc2ccccc2F)c2ccccc23)cc1. The average Bonchev–Trinajstić information content (AvgIpc) is 3.22. The maximum absolute atomic E-state index is 14.3. The van der Waals surface area contributed by atoms with Crippen LogP contribution in [0, 0.1) is 12.7 Å². The van der Waals surface area contributed by atoms with Crippen molar-refractivity contribution < 1.29 is 14.0 Å². The molecule has 4 nitrogen and oxygen atoms in total. The van der Waals surface area contributed by atoms with Crippen molar-refractivity contribution in [2.45, 2.75) is 18.3 Å². The second kappa shape index (κ2) is 6.99. The Balaban J connectivity index is 1.65. The van der Waals surface area contributed by atoms with Crippen LogP contribution < -0.4 is 9.80 Å². The van der Waals surface area contributed by atoms with E-state index in [2.05, 4.69) is 0 Å². The zero-order valence-corrected chi connectivity index (χ0v) is 17.2. The van der Waals surface area contributed by atoms with Crippen molar-refractivity contribution in [3.05, 3.63) is 95.3 Å². The van der Waals surface area contributed by atoms with Gasteiger partial charge in [0.15, 0.2) is 0 Å². The van der Waals surface area contributed by atoms with Crippen LogP contribution in [0.1, 0.15) is 16.7 Å². The van der Waals surface area contributed by atoms with Gasteiger partial charge in [0.05, 0.1) is 18.0 Å². The normalized spacial score (nSPS) is 20.3. The van der Waals surface area contributed by atoms with Gasteiger partial charge in [0, 0.05) is 16.8 Å². The molecule has 0 aromatic heterocycles. The molecule has 1 fully saturated rings. The highest BCUT2D eigenvalue weighted by Gasteiger charge is 2.60. The first-order chi connectivity index (χ1) is 14.5. The van der Waals surface area contributed by atoms with Crippen molar-refractivity contribution in [3.63, 3.8) is 0 Å². The quantitative estimate of drug-likeness (QED) is 0.624. The summed E-state index contributed by atoms with van der Waals surface area (Å²) in [5.41, 5.74) is 3.68. The fourth-order valence-corrected chi connectivity index (χ4v) is 5.56. The molecule has 1 unspecified atom stereocenters. The summed E-state index contributed by atoms with van der Waals surface area (Å²) in [6.07, 6.45) is 0. The molecule has 2 aliphatic rings. The van der Waals surface area contributed by atoms with Gasteiger partial charge in [-0.05, 0) is 31.2 Å². The van der Waals surface area contributed by atoms with Crippen LogP contribution in [0.15, 0.2) is 72.8 Å². The van der Waals surface area contributed by atoms with E-state index in [0.717, 1.165) is 11.1 Å². The fourth-order valence-electron chi connectivity index (χ4n) is 4.20. The molecule has 2 heterocycles. The minimum absolute atomic E-state index is 0.111. The van der Waals surface area contributed by atoms with Crippen molar-refractivity contribution in [2.24, 2.45) is 0 Å². The van der Waals surface area contributed by atoms with Crippen LogP contribution in [0.25, 0.3) is 0 Å². The lowest BCUT2D eigenvalue weighted by Gasteiger charge is -2.33. The van der Waals surface area contributed by atoms with Crippen LogP contribution in [-0.2, 0) is 21.0 Å². The van der Waals surface area contributed by atoms with E-state index in [0.29, 0.717) is 16.9 Å². The molecule has 3 aromatic rings. The Hall–Kier alpha value is -3.12. The van der Waals surface area contributed by atoms with Crippen LogP contribution in [-0.4, -0.2) is 17.6 Å². The number of carbonyl (C=O) groups is 2. The van der Waals surface area contributed by atoms with Gasteiger partial charge in [0.1, 0.15) is 5.82 Å². The number of hydrogen-bond donors (Lipinski definition) is 0. The predicted octanol–water partition coefficient (Wildman–Crippen LogP) is 4.61. The first-order valence-electron chi connectivity index (χ1n) is 9.71. The number of fused-ring (bicyclic) bond motifs is 2. The first-order valence-corrected chi connectivity index (χ1v) is 10.7. The van der Waals surface area contributed by atoms with Crippen LogP contribution in [0.3, 0.4) is 0 Å². The highest BCUT2D eigenvalue weighted by Crippen LogP contribution is 2.55. The van der Waals surface area contributed by atoms with Crippen molar-refractivity contribution in [1.29, 1.82) is 0 Å². The van der Waals surface area contributed by atoms with E-state index < -0.39 is 4.87 Å². The predicted molar refractivity (Wildman–Crippen MR) is 117 cm³/mol. The number of aryl methyl sites for hydroxylation is 1. The van der Waals surface area contributed by atoms with Crippen molar-refractivity contribution in [2.75, 3.05) is 15.6 Å². The lowest BCUT2D eigenvalue weighted by atomic mass is 10.0. The highest BCUT2D eigenvalue weighted by atomic mass is 32.2. The molecule has 0 bridgehead atoms. The second-order valence-corrected chi connectivity index (χ2v) is 8.67. The zero-order valence-electron chi connectivity index (χ0n) is 16.3. The smallest absolute Gasteiger partial charge is 0.269 e. The molecular formula is C24H19FN2O2S. The van der Waals surface area contributed by atoms with Crippen molar-refractivity contribution in [3.8, 4) is 0 Å². The van der Waals surface area contributed by atoms with E-state index >= 15 is 0 Å². The number of halogens is 1. The summed E-state index contributed by atoms with van der Waals surface area (Å²) in [6.45, 7) is 2.09. The molecule has 2 amide bonds. The summed E-state index contributed by atoms with van der Waals surface area (Å²) >= 11 is 1.33. The zero-order chi connectivity index (χ0) is 20.9. The van der Waals surface area contributed by atoms with E-state index in [1.54, 1.807) is 28.0 Å². The molecule has 5 rings (SSSR count). The Morgan fingerprint density at radius 3 is 2.43 bits per heavy atom. The third kappa shape index (κ3) is 2.67. The van der Waals surface area contributed by atoms with Gasteiger partial charge in [-0.2, -0.15) is 0 Å². The number of nitrogens with zero attached hydrogens (tertiary/aromatic N) is 2. The molecule has 30 heavy (non-hydrogen) atoms. The van der Waals surface area contributed by atoms with E-state index in [4.69, 9.17) is 0 Å².